The summed E-state index contributed by atoms with van der Waals surface area (Å²) in [6.45, 7) is -0.102. The smallest absolute Gasteiger partial charge is 0.264 e. The largest absolute Gasteiger partial charge is 0.366 e. The van der Waals surface area contributed by atoms with E-state index in [1.807, 2.05) is 42.5 Å². The molecule has 1 amide bonds. The van der Waals surface area contributed by atoms with Crippen LogP contribution in [0.3, 0.4) is 0 Å². The Bertz CT molecular complexity index is 1630. The van der Waals surface area contributed by atoms with Gasteiger partial charge >= 0.3 is 0 Å². The number of primary sulfonamides is 1. The van der Waals surface area contributed by atoms with Crippen LogP contribution in [-0.4, -0.2) is 58.3 Å². The first-order chi connectivity index (χ1) is 18.4. The van der Waals surface area contributed by atoms with Crippen molar-refractivity contribution in [1.82, 2.24) is 9.73 Å². The average molecular weight is 589 g/mol. The third-order valence-corrected chi connectivity index (χ3v) is 8.16. The van der Waals surface area contributed by atoms with Crippen molar-refractivity contribution in [3.05, 3.63) is 101 Å². The normalized spacial score (nSPS) is 16.2. The molecule has 3 aromatic rings. The molecule has 204 valence electrons. The Kier molecular flexibility index (Phi) is 8.35. The SMILES string of the molecule is NC(=O)c1ccc(S(=O)(=O)NC(=NCCS(N)(=O)=O)N2C[C@@H](c3ccccc3)C(c3ccc(Cl)cc3)=N2)cc1. The minimum absolute atomic E-state index is 0.137. The maximum Gasteiger partial charge on any atom is 0.264 e. The first-order valence-corrected chi connectivity index (χ1v) is 15.1. The second kappa shape index (κ2) is 11.5. The first-order valence-electron chi connectivity index (χ1n) is 11.6. The summed E-state index contributed by atoms with van der Waals surface area (Å²) >= 11 is 6.07. The molecule has 0 radical (unpaired) electrons. The summed E-state index contributed by atoms with van der Waals surface area (Å²) in [5.41, 5.74) is 7.72. The van der Waals surface area contributed by atoms with Crippen LogP contribution < -0.4 is 15.6 Å². The number of amides is 1. The highest BCUT2D eigenvalue weighted by Crippen LogP contribution is 2.29. The molecule has 0 saturated carbocycles. The summed E-state index contributed by atoms with van der Waals surface area (Å²) in [6, 6.07) is 21.6. The van der Waals surface area contributed by atoms with Gasteiger partial charge in [-0.05, 0) is 47.5 Å². The van der Waals surface area contributed by atoms with Gasteiger partial charge in [0, 0.05) is 16.5 Å². The number of benzene rings is 3. The Balaban J connectivity index is 1.73. The zero-order valence-corrected chi connectivity index (χ0v) is 22.8. The molecule has 3 aromatic carbocycles. The molecule has 14 heteroatoms. The molecule has 1 aliphatic rings. The van der Waals surface area contributed by atoms with Gasteiger partial charge in [0.25, 0.3) is 10.0 Å². The summed E-state index contributed by atoms with van der Waals surface area (Å²) in [5.74, 6) is -1.67. The minimum atomic E-state index is -4.22. The minimum Gasteiger partial charge on any atom is -0.366 e. The number of guanidine groups is 1. The van der Waals surface area contributed by atoms with Gasteiger partial charge in [-0.25, -0.2) is 36.7 Å². The molecule has 11 nitrogen and oxygen atoms in total. The lowest BCUT2D eigenvalue weighted by molar-refractivity contribution is 0.1000. The average Bonchev–Trinajstić information content (AvgIpc) is 3.34. The van der Waals surface area contributed by atoms with Crippen molar-refractivity contribution < 1.29 is 21.6 Å². The van der Waals surface area contributed by atoms with Crippen molar-refractivity contribution in [3.63, 3.8) is 0 Å². The highest BCUT2D eigenvalue weighted by Gasteiger charge is 2.33. The maximum absolute atomic E-state index is 13.2. The number of hydrazone groups is 1. The third kappa shape index (κ3) is 7.20. The number of sulfonamides is 2. The Morgan fingerprint density at radius 1 is 1.00 bits per heavy atom. The Hall–Kier alpha value is -3.78. The number of nitrogens with one attached hydrogen (secondary N) is 1. The molecule has 1 heterocycles. The van der Waals surface area contributed by atoms with E-state index in [0.29, 0.717) is 10.7 Å². The van der Waals surface area contributed by atoms with Crippen LogP contribution in [0.25, 0.3) is 0 Å². The van der Waals surface area contributed by atoms with E-state index in [1.54, 1.807) is 12.1 Å². The van der Waals surface area contributed by atoms with Crippen LogP contribution in [0.2, 0.25) is 5.02 Å². The van der Waals surface area contributed by atoms with E-state index in [2.05, 4.69) is 14.8 Å². The molecular weight excluding hydrogens is 564 g/mol. The van der Waals surface area contributed by atoms with Crippen molar-refractivity contribution in [1.29, 1.82) is 0 Å². The molecule has 0 spiro atoms. The fourth-order valence-electron chi connectivity index (χ4n) is 3.88. The maximum atomic E-state index is 13.2. The first kappa shape index (κ1) is 28.2. The highest BCUT2D eigenvalue weighted by molar-refractivity contribution is 7.90. The van der Waals surface area contributed by atoms with Gasteiger partial charge in [0.2, 0.25) is 21.9 Å². The fraction of sp³-hybridized carbons (Fsp3) is 0.160. The topological polar surface area (TPSA) is 177 Å². The van der Waals surface area contributed by atoms with Gasteiger partial charge in [-0.3, -0.25) is 4.79 Å². The van der Waals surface area contributed by atoms with Crippen molar-refractivity contribution in [2.24, 2.45) is 21.0 Å². The predicted molar refractivity (Wildman–Crippen MR) is 149 cm³/mol. The van der Waals surface area contributed by atoms with Crippen LogP contribution in [0, 0.1) is 0 Å². The van der Waals surface area contributed by atoms with E-state index in [4.69, 9.17) is 22.5 Å². The van der Waals surface area contributed by atoms with Crippen LogP contribution >= 0.6 is 11.6 Å². The van der Waals surface area contributed by atoms with E-state index >= 15 is 0 Å². The summed E-state index contributed by atoms with van der Waals surface area (Å²) in [5, 5.41) is 11.7. The summed E-state index contributed by atoms with van der Waals surface area (Å²) in [6.07, 6.45) is 0. The quantitative estimate of drug-likeness (QED) is 0.267. The second-order valence-electron chi connectivity index (χ2n) is 8.60. The lowest BCUT2D eigenvalue weighted by atomic mass is 9.91. The van der Waals surface area contributed by atoms with Crippen molar-refractivity contribution in [3.8, 4) is 0 Å². The number of halogens is 1. The van der Waals surface area contributed by atoms with Crippen LogP contribution in [0.1, 0.15) is 27.4 Å². The van der Waals surface area contributed by atoms with Gasteiger partial charge < -0.3 is 5.73 Å². The molecule has 5 N–H and O–H groups in total. The van der Waals surface area contributed by atoms with Crippen LogP contribution in [0.5, 0.6) is 0 Å². The number of hydrogen-bond donors (Lipinski definition) is 3. The van der Waals surface area contributed by atoms with Gasteiger partial charge in [-0.15, -0.1) is 0 Å². The van der Waals surface area contributed by atoms with E-state index in [9.17, 15) is 21.6 Å². The van der Waals surface area contributed by atoms with Crippen LogP contribution in [-0.2, 0) is 20.0 Å². The number of hydrogen-bond acceptors (Lipinski definition) is 7. The van der Waals surface area contributed by atoms with Gasteiger partial charge in [0.05, 0.1) is 29.4 Å². The summed E-state index contributed by atoms with van der Waals surface area (Å²) in [7, 11) is -8.08. The number of rotatable bonds is 8. The van der Waals surface area contributed by atoms with Gasteiger partial charge in [-0.1, -0.05) is 54.1 Å². The number of carbonyl (C=O) groups excluding carboxylic acids is 1. The van der Waals surface area contributed by atoms with E-state index in [-0.39, 0.29) is 35.4 Å². The standard InChI is InChI=1S/C25H25ClN6O5S2/c26-20-10-6-18(7-11-20)23-22(17-4-2-1-3-5-17)16-32(30-23)25(29-14-15-38(28,34)35)31-39(36,37)21-12-8-19(9-13-21)24(27)33/h1-13,22H,14-16H2,(H2,27,33)(H,29,31)(H2,28,34,35)/t22-/m0/s1. The molecule has 4 rings (SSSR count). The Morgan fingerprint density at radius 3 is 2.23 bits per heavy atom. The zero-order valence-electron chi connectivity index (χ0n) is 20.4. The summed E-state index contributed by atoms with van der Waals surface area (Å²) in [4.78, 5) is 15.4. The molecule has 0 bridgehead atoms. The van der Waals surface area contributed by atoms with Gasteiger partial charge in [0.1, 0.15) is 0 Å². The molecule has 0 fully saturated rings. The molecule has 1 aliphatic heterocycles. The number of aliphatic imine (C=N–C) groups is 1. The number of nitrogens with two attached hydrogens (primary N) is 2. The molecule has 0 aliphatic carbocycles. The fourth-order valence-corrected chi connectivity index (χ4v) is 5.38. The lowest BCUT2D eigenvalue weighted by Crippen LogP contribution is -2.41. The van der Waals surface area contributed by atoms with E-state index < -0.39 is 31.7 Å². The third-order valence-electron chi connectivity index (χ3n) is 5.81. The molecule has 0 saturated heterocycles. The zero-order chi connectivity index (χ0) is 28.2. The molecule has 39 heavy (non-hydrogen) atoms. The Labute approximate surface area is 231 Å². The molecule has 0 aromatic heterocycles. The van der Waals surface area contributed by atoms with Crippen molar-refractivity contribution in [2.45, 2.75) is 10.8 Å². The summed E-state index contributed by atoms with van der Waals surface area (Å²) < 4.78 is 51.9. The molecular formula is C25H25ClN6O5S2. The van der Waals surface area contributed by atoms with E-state index in [1.165, 1.54) is 29.3 Å². The second-order valence-corrected chi connectivity index (χ2v) is 12.5. The number of primary amides is 1. The van der Waals surface area contributed by atoms with Crippen molar-refractivity contribution >= 4 is 49.2 Å². The van der Waals surface area contributed by atoms with Gasteiger partial charge in [-0.2, -0.15) is 5.10 Å². The van der Waals surface area contributed by atoms with E-state index in [0.717, 1.165) is 11.1 Å². The Morgan fingerprint density at radius 2 is 1.64 bits per heavy atom. The lowest BCUT2D eigenvalue weighted by Gasteiger charge is -2.20. The number of carbonyl (C=O) groups is 1. The highest BCUT2D eigenvalue weighted by atomic mass is 35.5. The molecule has 1 atom stereocenters. The van der Waals surface area contributed by atoms with Crippen molar-refractivity contribution in [2.75, 3.05) is 18.8 Å². The van der Waals surface area contributed by atoms with Gasteiger partial charge in [0.15, 0.2) is 0 Å². The molecule has 0 unspecified atom stereocenters. The predicted octanol–water partition coefficient (Wildman–Crippen LogP) is 1.87. The van der Waals surface area contributed by atoms with Crippen LogP contribution in [0.4, 0.5) is 0 Å². The van der Waals surface area contributed by atoms with Crippen LogP contribution in [0.15, 0.2) is 93.9 Å². The monoisotopic (exact) mass is 588 g/mol. The number of nitrogens with zero attached hydrogens (tertiary/aromatic N) is 3.